The Morgan fingerprint density at radius 3 is 2.42 bits per heavy atom. The predicted octanol–water partition coefficient (Wildman–Crippen LogP) is -0.505. The molecule has 1 aliphatic rings. The largest absolute Gasteiger partial charge is 0.481 e. The van der Waals surface area contributed by atoms with Gasteiger partial charge in [-0.3, -0.25) is 9.59 Å². The van der Waals surface area contributed by atoms with Crippen LogP contribution in [0.25, 0.3) is 0 Å². The highest BCUT2D eigenvalue weighted by atomic mass is 32.2. The van der Waals surface area contributed by atoms with Gasteiger partial charge in [0.1, 0.15) is 0 Å². The molecule has 0 aromatic carbocycles. The minimum atomic E-state index is -3.20. The second kappa shape index (κ2) is 6.33. The predicted molar refractivity (Wildman–Crippen MR) is 69.0 cm³/mol. The zero-order valence-electron chi connectivity index (χ0n) is 11.1. The SMILES string of the molecule is CCN(CCCNC(=O)C1CC1C(=O)O)S(C)(=O)=O. The van der Waals surface area contributed by atoms with Gasteiger partial charge in [0, 0.05) is 19.6 Å². The number of sulfonamides is 1. The fraction of sp³-hybridized carbons (Fsp3) is 0.818. The van der Waals surface area contributed by atoms with E-state index < -0.39 is 27.8 Å². The van der Waals surface area contributed by atoms with Crippen LogP contribution in [0.1, 0.15) is 19.8 Å². The Kier molecular flexibility index (Phi) is 5.30. The molecular weight excluding hydrogens is 272 g/mol. The number of carboxylic acids is 1. The molecule has 1 saturated carbocycles. The standard InChI is InChI=1S/C11H20N2O5S/c1-3-13(19(2,17)18)6-4-5-12-10(14)8-7-9(8)11(15)16/h8-9H,3-7H2,1-2H3,(H,12,14)(H,15,16). The van der Waals surface area contributed by atoms with Crippen molar-refractivity contribution in [2.45, 2.75) is 19.8 Å². The van der Waals surface area contributed by atoms with Crippen LogP contribution in [-0.2, 0) is 19.6 Å². The summed E-state index contributed by atoms with van der Waals surface area (Å²) >= 11 is 0. The molecule has 1 amide bonds. The smallest absolute Gasteiger partial charge is 0.307 e. The Hall–Kier alpha value is -1.15. The Morgan fingerprint density at radius 2 is 2.00 bits per heavy atom. The molecule has 0 saturated heterocycles. The van der Waals surface area contributed by atoms with E-state index in [-0.39, 0.29) is 5.91 Å². The maximum Gasteiger partial charge on any atom is 0.307 e. The molecule has 0 aliphatic heterocycles. The van der Waals surface area contributed by atoms with E-state index in [2.05, 4.69) is 5.32 Å². The molecular formula is C11H20N2O5S. The van der Waals surface area contributed by atoms with Gasteiger partial charge < -0.3 is 10.4 Å². The van der Waals surface area contributed by atoms with Crippen LogP contribution in [0.2, 0.25) is 0 Å². The fourth-order valence-corrected chi connectivity index (χ4v) is 2.84. The molecule has 1 rings (SSSR count). The molecule has 8 heteroatoms. The third kappa shape index (κ3) is 4.79. The minimum absolute atomic E-state index is 0.255. The van der Waals surface area contributed by atoms with E-state index in [1.54, 1.807) is 6.92 Å². The number of nitrogens with zero attached hydrogens (tertiary/aromatic N) is 1. The van der Waals surface area contributed by atoms with Gasteiger partial charge in [0.25, 0.3) is 0 Å². The molecule has 110 valence electrons. The van der Waals surface area contributed by atoms with Crippen molar-refractivity contribution in [3.63, 3.8) is 0 Å². The topological polar surface area (TPSA) is 104 Å². The molecule has 7 nitrogen and oxygen atoms in total. The number of hydrogen-bond donors (Lipinski definition) is 2. The van der Waals surface area contributed by atoms with Crippen molar-refractivity contribution in [2.75, 3.05) is 25.9 Å². The zero-order chi connectivity index (χ0) is 14.6. The molecule has 1 aliphatic carbocycles. The number of nitrogens with one attached hydrogen (secondary N) is 1. The van der Waals surface area contributed by atoms with E-state index in [0.29, 0.717) is 32.5 Å². The summed E-state index contributed by atoms with van der Waals surface area (Å²) in [4.78, 5) is 22.1. The first-order valence-electron chi connectivity index (χ1n) is 6.23. The van der Waals surface area contributed by atoms with Crippen LogP contribution in [0.5, 0.6) is 0 Å². The van der Waals surface area contributed by atoms with Crippen molar-refractivity contribution in [2.24, 2.45) is 11.8 Å². The highest BCUT2D eigenvalue weighted by molar-refractivity contribution is 7.88. The van der Waals surface area contributed by atoms with Crippen LogP contribution in [0.4, 0.5) is 0 Å². The highest BCUT2D eigenvalue weighted by Crippen LogP contribution is 2.38. The molecule has 2 unspecified atom stereocenters. The Labute approximate surface area is 113 Å². The van der Waals surface area contributed by atoms with Crippen LogP contribution >= 0.6 is 0 Å². The molecule has 0 aromatic rings. The van der Waals surface area contributed by atoms with E-state index in [9.17, 15) is 18.0 Å². The first-order chi connectivity index (χ1) is 8.77. The zero-order valence-corrected chi connectivity index (χ0v) is 11.9. The average Bonchev–Trinajstić information content (AvgIpc) is 3.06. The van der Waals surface area contributed by atoms with Crippen molar-refractivity contribution >= 4 is 21.9 Å². The summed E-state index contributed by atoms with van der Waals surface area (Å²) < 4.78 is 23.9. The summed E-state index contributed by atoms with van der Waals surface area (Å²) in [7, 11) is -3.20. The van der Waals surface area contributed by atoms with Gasteiger partial charge >= 0.3 is 5.97 Å². The number of carbonyl (C=O) groups is 2. The van der Waals surface area contributed by atoms with E-state index >= 15 is 0 Å². The van der Waals surface area contributed by atoms with E-state index in [1.807, 2.05) is 0 Å². The molecule has 0 aromatic heterocycles. The maximum absolute atomic E-state index is 11.5. The maximum atomic E-state index is 11.5. The molecule has 1 fully saturated rings. The van der Waals surface area contributed by atoms with Gasteiger partial charge in [-0.05, 0) is 12.8 Å². The van der Waals surface area contributed by atoms with Gasteiger partial charge in [-0.1, -0.05) is 6.92 Å². The summed E-state index contributed by atoms with van der Waals surface area (Å²) in [5.74, 6) is -2.16. The minimum Gasteiger partial charge on any atom is -0.481 e. The lowest BCUT2D eigenvalue weighted by Crippen LogP contribution is -2.34. The average molecular weight is 292 g/mol. The highest BCUT2D eigenvalue weighted by Gasteiger charge is 2.48. The number of rotatable bonds is 8. The summed E-state index contributed by atoms with van der Waals surface area (Å²) in [6.45, 7) is 2.86. The van der Waals surface area contributed by atoms with Crippen LogP contribution in [0.15, 0.2) is 0 Å². The molecule has 0 heterocycles. The number of amides is 1. The summed E-state index contributed by atoms with van der Waals surface area (Å²) in [5, 5.41) is 11.3. The summed E-state index contributed by atoms with van der Waals surface area (Å²) in [6, 6.07) is 0. The lowest BCUT2D eigenvalue weighted by Gasteiger charge is -2.17. The number of hydrogen-bond acceptors (Lipinski definition) is 4. The van der Waals surface area contributed by atoms with Crippen molar-refractivity contribution in [1.82, 2.24) is 9.62 Å². The third-order valence-electron chi connectivity index (χ3n) is 3.15. The van der Waals surface area contributed by atoms with Gasteiger partial charge in [0.15, 0.2) is 0 Å². The number of carboxylic acid groups (broad SMARTS) is 1. The molecule has 2 atom stereocenters. The van der Waals surface area contributed by atoms with Crippen molar-refractivity contribution in [3.05, 3.63) is 0 Å². The van der Waals surface area contributed by atoms with Gasteiger partial charge in [-0.2, -0.15) is 0 Å². The lowest BCUT2D eigenvalue weighted by molar-refractivity contribution is -0.140. The second-order valence-electron chi connectivity index (χ2n) is 4.69. The molecule has 0 radical (unpaired) electrons. The fourth-order valence-electron chi connectivity index (χ4n) is 1.91. The lowest BCUT2D eigenvalue weighted by atomic mass is 10.3. The van der Waals surface area contributed by atoms with Crippen molar-refractivity contribution < 1.29 is 23.1 Å². The number of carbonyl (C=O) groups excluding carboxylic acids is 1. The summed E-state index contributed by atoms with van der Waals surface area (Å²) in [6.07, 6.45) is 2.05. The van der Waals surface area contributed by atoms with E-state index in [4.69, 9.17) is 5.11 Å². The third-order valence-corrected chi connectivity index (χ3v) is 4.53. The van der Waals surface area contributed by atoms with Crippen LogP contribution in [-0.4, -0.2) is 55.6 Å². The second-order valence-corrected chi connectivity index (χ2v) is 6.67. The molecule has 19 heavy (non-hydrogen) atoms. The molecule has 2 N–H and O–H groups in total. The van der Waals surface area contributed by atoms with Gasteiger partial charge in [-0.15, -0.1) is 0 Å². The van der Waals surface area contributed by atoms with Crippen LogP contribution < -0.4 is 5.32 Å². The Balaban J connectivity index is 2.21. The Bertz CT molecular complexity index is 448. The summed E-state index contributed by atoms with van der Waals surface area (Å²) in [5.41, 5.74) is 0. The van der Waals surface area contributed by atoms with Gasteiger partial charge in [0.2, 0.25) is 15.9 Å². The molecule has 0 spiro atoms. The van der Waals surface area contributed by atoms with Crippen LogP contribution in [0.3, 0.4) is 0 Å². The van der Waals surface area contributed by atoms with E-state index in [1.165, 1.54) is 4.31 Å². The van der Waals surface area contributed by atoms with Crippen molar-refractivity contribution in [1.29, 1.82) is 0 Å². The van der Waals surface area contributed by atoms with E-state index in [0.717, 1.165) is 6.26 Å². The van der Waals surface area contributed by atoms with Gasteiger partial charge in [0.05, 0.1) is 18.1 Å². The first kappa shape index (κ1) is 15.9. The quantitative estimate of drug-likeness (QED) is 0.587. The molecule has 0 bridgehead atoms. The first-order valence-corrected chi connectivity index (χ1v) is 8.07. The van der Waals surface area contributed by atoms with Crippen LogP contribution in [0, 0.1) is 11.8 Å². The Morgan fingerprint density at radius 1 is 1.37 bits per heavy atom. The van der Waals surface area contributed by atoms with Crippen molar-refractivity contribution in [3.8, 4) is 0 Å². The van der Waals surface area contributed by atoms with Gasteiger partial charge in [-0.25, -0.2) is 12.7 Å². The number of aliphatic carboxylic acids is 1. The normalized spacial score (nSPS) is 22.3. The monoisotopic (exact) mass is 292 g/mol.